The van der Waals surface area contributed by atoms with Crippen LogP contribution in [-0.2, 0) is 0 Å². The van der Waals surface area contributed by atoms with Gasteiger partial charge in [-0.3, -0.25) is 9.78 Å². The minimum absolute atomic E-state index is 0.114. The second kappa shape index (κ2) is 6.24. The van der Waals surface area contributed by atoms with Crippen LogP contribution in [0.1, 0.15) is 15.9 Å². The molecule has 1 N–H and O–H groups in total. The van der Waals surface area contributed by atoms with Crippen LogP contribution in [0.4, 0.5) is 8.78 Å². The first-order valence-electron chi connectivity index (χ1n) is 5.14. The van der Waals surface area contributed by atoms with Gasteiger partial charge in [-0.15, -0.1) is 0 Å². The maximum atomic E-state index is 12.3. The first-order valence-corrected chi connectivity index (χ1v) is 5.14. The van der Waals surface area contributed by atoms with Crippen LogP contribution in [0.3, 0.4) is 0 Å². The fourth-order valence-corrected chi connectivity index (χ4v) is 1.42. The van der Waals surface area contributed by atoms with Crippen LogP contribution < -0.4 is 0 Å². The topological polar surface area (TPSA) is 53.4 Å². The molecular formula is C11H14F2N2O2. The van der Waals surface area contributed by atoms with E-state index in [1.807, 2.05) is 0 Å². The van der Waals surface area contributed by atoms with E-state index < -0.39 is 18.9 Å². The zero-order valence-electron chi connectivity index (χ0n) is 9.44. The molecule has 0 saturated heterocycles. The molecule has 0 aromatic carbocycles. The van der Waals surface area contributed by atoms with Crippen molar-refractivity contribution in [3.05, 3.63) is 29.6 Å². The predicted octanol–water partition coefficient (Wildman–Crippen LogP) is 1.09. The highest BCUT2D eigenvalue weighted by Crippen LogP contribution is 2.08. The van der Waals surface area contributed by atoms with Crippen molar-refractivity contribution in [3.63, 3.8) is 0 Å². The van der Waals surface area contributed by atoms with Gasteiger partial charge in [-0.1, -0.05) is 0 Å². The molecule has 0 atom stereocenters. The molecular weight excluding hydrogens is 230 g/mol. The normalized spacial score (nSPS) is 10.6. The summed E-state index contributed by atoms with van der Waals surface area (Å²) in [6, 6.07) is 1.57. The lowest BCUT2D eigenvalue weighted by atomic mass is 10.2. The van der Waals surface area contributed by atoms with E-state index in [1.54, 1.807) is 19.2 Å². The lowest BCUT2D eigenvalue weighted by Crippen LogP contribution is -2.37. The Morgan fingerprint density at radius 3 is 2.76 bits per heavy atom. The van der Waals surface area contributed by atoms with Gasteiger partial charge in [0.15, 0.2) is 0 Å². The highest BCUT2D eigenvalue weighted by Gasteiger charge is 2.19. The summed E-state index contributed by atoms with van der Waals surface area (Å²) in [6.45, 7) is 0.607. The number of alkyl halides is 2. The van der Waals surface area contributed by atoms with Gasteiger partial charge in [-0.25, -0.2) is 8.78 Å². The molecule has 1 aromatic rings. The van der Waals surface area contributed by atoms with E-state index in [-0.39, 0.29) is 18.7 Å². The number of halogens is 2. The van der Waals surface area contributed by atoms with Gasteiger partial charge in [-0.05, 0) is 18.6 Å². The van der Waals surface area contributed by atoms with Gasteiger partial charge >= 0.3 is 0 Å². The number of carbonyl (C=O) groups excluding carboxylic acids is 1. The highest BCUT2D eigenvalue weighted by molar-refractivity contribution is 5.94. The molecule has 0 aliphatic carbocycles. The fourth-order valence-electron chi connectivity index (χ4n) is 1.42. The van der Waals surface area contributed by atoms with Crippen LogP contribution in [0.15, 0.2) is 18.5 Å². The van der Waals surface area contributed by atoms with Gasteiger partial charge in [0.1, 0.15) is 0 Å². The quantitative estimate of drug-likeness (QED) is 0.843. The van der Waals surface area contributed by atoms with E-state index in [9.17, 15) is 13.6 Å². The third kappa shape index (κ3) is 4.07. The highest BCUT2D eigenvalue weighted by atomic mass is 19.3. The van der Waals surface area contributed by atoms with Crippen molar-refractivity contribution in [2.45, 2.75) is 13.3 Å². The van der Waals surface area contributed by atoms with E-state index in [1.165, 1.54) is 6.20 Å². The number of aliphatic hydroxyl groups is 1. The Morgan fingerprint density at radius 1 is 1.53 bits per heavy atom. The minimum Gasteiger partial charge on any atom is -0.395 e. The molecule has 17 heavy (non-hydrogen) atoms. The average Bonchev–Trinajstić information content (AvgIpc) is 2.27. The number of amides is 1. The molecule has 0 spiro atoms. The molecule has 1 rings (SSSR count). The van der Waals surface area contributed by atoms with E-state index in [4.69, 9.17) is 5.11 Å². The van der Waals surface area contributed by atoms with Crippen LogP contribution >= 0.6 is 0 Å². The number of aryl methyl sites for hydroxylation is 1. The van der Waals surface area contributed by atoms with Crippen molar-refractivity contribution in [1.29, 1.82) is 0 Å². The molecule has 1 aromatic heterocycles. The Hall–Kier alpha value is -1.56. The largest absolute Gasteiger partial charge is 0.395 e. The molecule has 0 aliphatic heterocycles. The van der Waals surface area contributed by atoms with E-state index in [0.29, 0.717) is 0 Å². The van der Waals surface area contributed by atoms with E-state index in [2.05, 4.69) is 4.98 Å². The number of nitrogens with zero attached hydrogens (tertiary/aromatic N) is 2. The molecule has 0 unspecified atom stereocenters. The number of hydrogen-bond acceptors (Lipinski definition) is 3. The minimum atomic E-state index is -2.62. The average molecular weight is 244 g/mol. The Morgan fingerprint density at radius 2 is 2.24 bits per heavy atom. The van der Waals surface area contributed by atoms with E-state index >= 15 is 0 Å². The predicted molar refractivity (Wildman–Crippen MR) is 58.0 cm³/mol. The van der Waals surface area contributed by atoms with Crippen molar-refractivity contribution in [1.82, 2.24) is 9.88 Å². The summed E-state index contributed by atoms with van der Waals surface area (Å²) in [5.41, 5.74) is 1.02. The lowest BCUT2D eigenvalue weighted by molar-refractivity contribution is 0.0509. The van der Waals surface area contributed by atoms with Crippen molar-refractivity contribution >= 4 is 5.91 Å². The van der Waals surface area contributed by atoms with Crippen LogP contribution in [0, 0.1) is 6.92 Å². The van der Waals surface area contributed by atoms with E-state index in [0.717, 1.165) is 10.5 Å². The van der Waals surface area contributed by atoms with Crippen molar-refractivity contribution in [3.8, 4) is 0 Å². The van der Waals surface area contributed by atoms with Gasteiger partial charge in [0, 0.05) is 18.9 Å². The molecule has 0 fully saturated rings. The summed E-state index contributed by atoms with van der Waals surface area (Å²) in [7, 11) is 0. The Kier molecular flexibility index (Phi) is 4.96. The number of aliphatic hydroxyl groups excluding tert-OH is 1. The Bertz CT molecular complexity index is 385. The Balaban J connectivity index is 2.83. The van der Waals surface area contributed by atoms with Crippen molar-refractivity contribution < 1.29 is 18.7 Å². The van der Waals surface area contributed by atoms with Crippen molar-refractivity contribution in [2.24, 2.45) is 0 Å². The SMILES string of the molecule is Cc1cncc(C(=O)N(CCO)CC(F)F)c1. The summed E-state index contributed by atoms with van der Waals surface area (Å²) in [5, 5.41) is 8.75. The zero-order chi connectivity index (χ0) is 12.8. The molecule has 0 saturated carbocycles. The molecule has 4 nitrogen and oxygen atoms in total. The maximum absolute atomic E-state index is 12.3. The van der Waals surface area contributed by atoms with Gasteiger partial charge in [-0.2, -0.15) is 0 Å². The molecule has 0 bridgehead atoms. The van der Waals surface area contributed by atoms with Crippen LogP contribution in [0.2, 0.25) is 0 Å². The third-order valence-corrected chi connectivity index (χ3v) is 2.14. The number of aromatic nitrogens is 1. The summed E-state index contributed by atoms with van der Waals surface area (Å²) in [6.07, 6.45) is 0.272. The first kappa shape index (κ1) is 13.5. The number of hydrogen-bond donors (Lipinski definition) is 1. The van der Waals surface area contributed by atoms with Crippen molar-refractivity contribution in [2.75, 3.05) is 19.7 Å². The van der Waals surface area contributed by atoms with Crippen LogP contribution in [0.25, 0.3) is 0 Å². The fraction of sp³-hybridized carbons (Fsp3) is 0.455. The molecule has 6 heteroatoms. The summed E-state index contributed by atoms with van der Waals surface area (Å²) >= 11 is 0. The van der Waals surface area contributed by atoms with Crippen LogP contribution in [0.5, 0.6) is 0 Å². The van der Waals surface area contributed by atoms with Gasteiger partial charge in [0.05, 0.1) is 18.7 Å². The molecule has 1 heterocycles. The van der Waals surface area contributed by atoms with Gasteiger partial charge < -0.3 is 10.0 Å². The van der Waals surface area contributed by atoms with Gasteiger partial charge in [0.25, 0.3) is 12.3 Å². The second-order valence-corrected chi connectivity index (χ2v) is 3.62. The third-order valence-electron chi connectivity index (χ3n) is 2.14. The Labute approximate surface area is 97.9 Å². The summed E-state index contributed by atoms with van der Waals surface area (Å²) in [4.78, 5) is 16.6. The summed E-state index contributed by atoms with van der Waals surface area (Å²) in [5.74, 6) is -0.546. The number of pyridine rings is 1. The second-order valence-electron chi connectivity index (χ2n) is 3.62. The van der Waals surface area contributed by atoms with Gasteiger partial charge in [0.2, 0.25) is 0 Å². The molecule has 0 aliphatic rings. The smallest absolute Gasteiger partial charge is 0.255 e. The summed E-state index contributed by atoms with van der Waals surface area (Å²) < 4.78 is 24.5. The monoisotopic (exact) mass is 244 g/mol. The molecule has 1 amide bonds. The lowest BCUT2D eigenvalue weighted by Gasteiger charge is -2.21. The molecule has 0 radical (unpaired) electrons. The number of carbonyl (C=O) groups is 1. The first-order chi connectivity index (χ1) is 8.04. The zero-order valence-corrected chi connectivity index (χ0v) is 9.44. The molecule has 94 valence electrons. The van der Waals surface area contributed by atoms with Crippen LogP contribution in [-0.4, -0.2) is 47.0 Å². The maximum Gasteiger partial charge on any atom is 0.255 e. The number of rotatable bonds is 5. The standard InChI is InChI=1S/C11H14F2N2O2/c1-8-4-9(6-14-5-8)11(17)15(2-3-16)7-10(12)13/h4-6,10,16H,2-3,7H2,1H3.